The molecule has 0 radical (unpaired) electrons. The van der Waals surface area contributed by atoms with Crippen LogP contribution >= 0.6 is 11.3 Å². The number of carbonyl (C=O) groups excluding carboxylic acids is 1. The largest absolute Gasteiger partial charge is 0.464 e. The van der Waals surface area contributed by atoms with E-state index in [-0.39, 0.29) is 23.5 Å². The Labute approximate surface area is 129 Å². The quantitative estimate of drug-likeness (QED) is 0.783. The maximum absolute atomic E-state index is 11.7. The number of thiazole rings is 1. The number of rotatable bonds is 2. The van der Waals surface area contributed by atoms with Gasteiger partial charge in [-0.05, 0) is 0 Å². The second kappa shape index (κ2) is 5.66. The lowest BCUT2D eigenvalue weighted by atomic mass is 9.93. The van der Waals surface area contributed by atoms with E-state index in [2.05, 4.69) is 31.1 Å². The highest BCUT2D eigenvalue weighted by Gasteiger charge is 2.36. The SMILES string of the molecule is CC(C)(C)c1csc([C@H]2CN([C@@H]3CCOC3=O)CCO2)n1. The van der Waals surface area contributed by atoms with Crippen LogP contribution in [0.2, 0.25) is 0 Å². The van der Waals surface area contributed by atoms with Gasteiger partial charge in [0.15, 0.2) is 0 Å². The van der Waals surface area contributed by atoms with E-state index >= 15 is 0 Å². The molecule has 3 rings (SSSR count). The monoisotopic (exact) mass is 310 g/mol. The zero-order valence-electron chi connectivity index (χ0n) is 12.8. The smallest absolute Gasteiger partial charge is 0.323 e. The van der Waals surface area contributed by atoms with Crippen molar-refractivity contribution in [2.75, 3.05) is 26.3 Å². The molecule has 0 aromatic carbocycles. The molecule has 0 spiro atoms. The van der Waals surface area contributed by atoms with E-state index in [1.807, 2.05) is 0 Å². The van der Waals surface area contributed by atoms with Crippen molar-refractivity contribution < 1.29 is 14.3 Å². The fraction of sp³-hybridized carbons (Fsp3) is 0.733. The zero-order chi connectivity index (χ0) is 15.0. The molecule has 21 heavy (non-hydrogen) atoms. The van der Waals surface area contributed by atoms with E-state index in [1.54, 1.807) is 11.3 Å². The normalized spacial score (nSPS) is 27.9. The first kappa shape index (κ1) is 14.9. The van der Waals surface area contributed by atoms with Crippen LogP contribution in [0.1, 0.15) is 44.0 Å². The maximum atomic E-state index is 11.7. The van der Waals surface area contributed by atoms with Gasteiger partial charge >= 0.3 is 5.97 Å². The van der Waals surface area contributed by atoms with Crippen LogP contribution in [0.25, 0.3) is 0 Å². The Hall–Kier alpha value is -0.980. The van der Waals surface area contributed by atoms with Gasteiger partial charge in [0.25, 0.3) is 0 Å². The summed E-state index contributed by atoms with van der Waals surface area (Å²) >= 11 is 1.65. The molecule has 0 N–H and O–H groups in total. The molecule has 1 aromatic heterocycles. The van der Waals surface area contributed by atoms with Gasteiger partial charge in [0.2, 0.25) is 0 Å². The lowest BCUT2D eigenvalue weighted by molar-refractivity contribution is -0.144. The van der Waals surface area contributed by atoms with Gasteiger partial charge in [0, 0.05) is 30.3 Å². The highest BCUT2D eigenvalue weighted by molar-refractivity contribution is 7.09. The Morgan fingerprint density at radius 3 is 2.81 bits per heavy atom. The third-order valence-electron chi connectivity index (χ3n) is 4.01. The van der Waals surface area contributed by atoms with E-state index < -0.39 is 0 Å². The van der Waals surface area contributed by atoms with E-state index in [0.29, 0.717) is 13.2 Å². The summed E-state index contributed by atoms with van der Waals surface area (Å²) in [4.78, 5) is 18.7. The Morgan fingerprint density at radius 1 is 1.38 bits per heavy atom. The second-order valence-electron chi connectivity index (χ2n) is 6.65. The first-order chi connectivity index (χ1) is 9.95. The molecular weight excluding hydrogens is 288 g/mol. The average Bonchev–Trinajstić information content (AvgIpc) is 3.06. The molecule has 0 saturated carbocycles. The molecule has 0 aliphatic carbocycles. The number of cyclic esters (lactones) is 1. The molecule has 5 nitrogen and oxygen atoms in total. The van der Waals surface area contributed by atoms with Gasteiger partial charge < -0.3 is 9.47 Å². The standard InChI is InChI=1S/C15H22N2O3S/c1-15(2,3)12-9-21-13(16-12)11-8-17(5-7-19-11)10-4-6-20-14(10)18/h9-11H,4-8H2,1-3H3/t10-,11-/m1/s1. The van der Waals surface area contributed by atoms with Gasteiger partial charge in [-0.2, -0.15) is 0 Å². The predicted octanol–water partition coefficient (Wildman–Crippen LogP) is 2.13. The molecule has 116 valence electrons. The summed E-state index contributed by atoms with van der Waals surface area (Å²) in [6, 6.07) is -0.0987. The lowest BCUT2D eigenvalue weighted by Crippen LogP contribution is -2.46. The number of hydrogen-bond acceptors (Lipinski definition) is 6. The predicted molar refractivity (Wildman–Crippen MR) is 80.4 cm³/mol. The van der Waals surface area contributed by atoms with E-state index in [4.69, 9.17) is 14.5 Å². The zero-order valence-corrected chi connectivity index (χ0v) is 13.6. The molecular formula is C15H22N2O3S. The van der Waals surface area contributed by atoms with E-state index in [1.165, 1.54) is 0 Å². The van der Waals surface area contributed by atoms with E-state index in [9.17, 15) is 4.79 Å². The second-order valence-corrected chi connectivity index (χ2v) is 7.54. The number of aromatic nitrogens is 1. The van der Waals surface area contributed by atoms with Crippen molar-refractivity contribution >= 4 is 17.3 Å². The topological polar surface area (TPSA) is 51.7 Å². The van der Waals surface area contributed by atoms with Crippen molar-refractivity contribution in [2.24, 2.45) is 0 Å². The molecule has 0 unspecified atom stereocenters. The summed E-state index contributed by atoms with van der Waals surface area (Å²) in [7, 11) is 0. The lowest BCUT2D eigenvalue weighted by Gasteiger charge is -2.34. The Kier molecular flexibility index (Phi) is 4.03. The number of morpholine rings is 1. The average molecular weight is 310 g/mol. The van der Waals surface area contributed by atoms with Gasteiger partial charge in [-0.3, -0.25) is 9.69 Å². The third kappa shape index (κ3) is 3.12. The minimum absolute atomic E-state index is 0.0340. The van der Waals surface area contributed by atoms with Crippen molar-refractivity contribution in [1.82, 2.24) is 9.88 Å². The van der Waals surface area contributed by atoms with Crippen LogP contribution in [0.15, 0.2) is 5.38 Å². The van der Waals surface area contributed by atoms with Gasteiger partial charge in [-0.15, -0.1) is 11.3 Å². The van der Waals surface area contributed by atoms with Crippen molar-refractivity contribution in [3.8, 4) is 0 Å². The minimum Gasteiger partial charge on any atom is -0.464 e. The van der Waals surface area contributed by atoms with Gasteiger partial charge in [0.1, 0.15) is 17.2 Å². The fourth-order valence-corrected chi connectivity index (χ4v) is 3.78. The van der Waals surface area contributed by atoms with Crippen LogP contribution in [-0.4, -0.2) is 48.2 Å². The number of ether oxygens (including phenoxy) is 2. The molecule has 1 aromatic rings. The van der Waals surface area contributed by atoms with Crippen LogP contribution in [0.5, 0.6) is 0 Å². The summed E-state index contributed by atoms with van der Waals surface area (Å²) < 4.78 is 10.9. The number of hydrogen-bond donors (Lipinski definition) is 0. The summed E-state index contributed by atoms with van der Waals surface area (Å²) in [6.07, 6.45) is 0.754. The number of esters is 1. The Bertz CT molecular complexity index is 523. The molecule has 2 atom stereocenters. The van der Waals surface area contributed by atoms with Crippen molar-refractivity contribution in [3.63, 3.8) is 0 Å². The number of carbonyl (C=O) groups is 1. The molecule has 0 bridgehead atoms. The number of nitrogens with zero attached hydrogens (tertiary/aromatic N) is 2. The first-order valence-electron chi connectivity index (χ1n) is 7.43. The van der Waals surface area contributed by atoms with E-state index in [0.717, 1.165) is 30.2 Å². The molecule has 2 saturated heterocycles. The highest BCUT2D eigenvalue weighted by Crippen LogP contribution is 2.31. The fourth-order valence-electron chi connectivity index (χ4n) is 2.70. The van der Waals surface area contributed by atoms with Gasteiger partial charge in [0.05, 0.1) is 18.9 Å². The molecule has 6 heteroatoms. The van der Waals surface area contributed by atoms with Crippen LogP contribution < -0.4 is 0 Å². The molecule has 2 aliphatic rings. The van der Waals surface area contributed by atoms with Crippen molar-refractivity contribution in [2.45, 2.75) is 44.8 Å². The first-order valence-corrected chi connectivity index (χ1v) is 8.31. The van der Waals surface area contributed by atoms with Crippen molar-refractivity contribution in [1.29, 1.82) is 0 Å². The highest BCUT2D eigenvalue weighted by atomic mass is 32.1. The molecule has 0 amide bonds. The Morgan fingerprint density at radius 2 is 2.19 bits per heavy atom. The molecule has 2 aliphatic heterocycles. The Balaban J connectivity index is 1.71. The summed E-state index contributed by atoms with van der Waals surface area (Å²) in [6.45, 7) is 9.16. The van der Waals surface area contributed by atoms with Crippen molar-refractivity contribution in [3.05, 3.63) is 16.1 Å². The van der Waals surface area contributed by atoms with Crippen LogP contribution in [0.4, 0.5) is 0 Å². The van der Waals surface area contributed by atoms with Gasteiger partial charge in [-0.1, -0.05) is 20.8 Å². The third-order valence-corrected chi connectivity index (χ3v) is 4.95. The van der Waals surface area contributed by atoms with Crippen LogP contribution in [0, 0.1) is 0 Å². The van der Waals surface area contributed by atoms with Crippen LogP contribution in [0.3, 0.4) is 0 Å². The summed E-state index contributed by atoms with van der Waals surface area (Å²) in [5.74, 6) is -0.0924. The summed E-state index contributed by atoms with van der Waals surface area (Å²) in [5.41, 5.74) is 1.15. The van der Waals surface area contributed by atoms with Crippen LogP contribution in [-0.2, 0) is 19.7 Å². The minimum atomic E-state index is -0.0987. The van der Waals surface area contributed by atoms with Gasteiger partial charge in [-0.25, -0.2) is 4.98 Å². The summed E-state index contributed by atoms with van der Waals surface area (Å²) in [5, 5.41) is 3.12. The molecule has 2 fully saturated rings. The maximum Gasteiger partial charge on any atom is 0.323 e. The molecule has 3 heterocycles.